The summed E-state index contributed by atoms with van der Waals surface area (Å²) in [6.07, 6.45) is 0. The number of carbonyl (C=O) groups excluding carboxylic acids is 3. The molecule has 2 aromatic carbocycles. The van der Waals surface area contributed by atoms with Gasteiger partial charge in [-0.2, -0.15) is 0 Å². The Morgan fingerprint density at radius 1 is 0.968 bits per heavy atom. The zero-order valence-corrected chi connectivity index (χ0v) is 19.6. The molecule has 0 unspecified atom stereocenters. The van der Waals surface area contributed by atoms with Crippen molar-refractivity contribution in [1.82, 2.24) is 10.2 Å². The first-order valence-electron chi connectivity index (χ1n) is 9.93. The number of halogens is 2. The number of carbonyl (C=O) groups is 3. The van der Waals surface area contributed by atoms with E-state index in [0.29, 0.717) is 27.8 Å². The van der Waals surface area contributed by atoms with E-state index in [1.165, 1.54) is 4.90 Å². The van der Waals surface area contributed by atoms with Crippen LogP contribution in [0.25, 0.3) is 0 Å². The topological polar surface area (TPSA) is 78.5 Å². The maximum Gasteiger partial charge on any atom is 0.251 e. The molecule has 0 aliphatic heterocycles. The van der Waals surface area contributed by atoms with Gasteiger partial charge in [0.1, 0.15) is 0 Å². The van der Waals surface area contributed by atoms with E-state index in [1.807, 2.05) is 12.1 Å². The van der Waals surface area contributed by atoms with Crippen molar-refractivity contribution < 1.29 is 14.4 Å². The predicted octanol–water partition coefficient (Wildman–Crippen LogP) is 4.51. The summed E-state index contributed by atoms with van der Waals surface area (Å²) in [6.45, 7) is 7.93. The van der Waals surface area contributed by atoms with Gasteiger partial charge >= 0.3 is 0 Å². The standard InChI is InChI=1S/C23H27Cl2N3O3/c1-5-28(14-19(29)27-21-17(24)7-6-8-18(21)25)20(30)13-26-22(31)15-9-11-16(12-10-15)23(2,3)4/h6-12H,5,13-14H2,1-4H3,(H,26,31)(H,27,29). The number of benzene rings is 2. The third kappa shape index (κ3) is 6.97. The Hall–Kier alpha value is -2.57. The minimum atomic E-state index is -0.436. The van der Waals surface area contributed by atoms with Crippen molar-refractivity contribution in [2.24, 2.45) is 0 Å². The third-order valence-corrected chi connectivity index (χ3v) is 5.34. The molecule has 2 rings (SSSR count). The summed E-state index contributed by atoms with van der Waals surface area (Å²) in [7, 11) is 0. The third-order valence-electron chi connectivity index (χ3n) is 4.71. The monoisotopic (exact) mass is 463 g/mol. The number of nitrogens with one attached hydrogen (secondary N) is 2. The van der Waals surface area contributed by atoms with E-state index in [0.717, 1.165) is 5.56 Å². The lowest BCUT2D eigenvalue weighted by molar-refractivity contribution is -0.133. The molecule has 0 aromatic heterocycles. The van der Waals surface area contributed by atoms with Gasteiger partial charge in [-0.25, -0.2) is 0 Å². The van der Waals surface area contributed by atoms with Gasteiger partial charge in [0, 0.05) is 12.1 Å². The Bertz CT molecular complexity index is 933. The van der Waals surface area contributed by atoms with Gasteiger partial charge in [-0.15, -0.1) is 0 Å². The number of nitrogens with zero attached hydrogens (tertiary/aromatic N) is 1. The quantitative estimate of drug-likeness (QED) is 0.633. The van der Waals surface area contributed by atoms with E-state index in [-0.39, 0.29) is 30.3 Å². The summed E-state index contributed by atoms with van der Waals surface area (Å²) in [5, 5.41) is 5.84. The van der Waals surface area contributed by atoms with Gasteiger partial charge in [0.05, 0.1) is 28.8 Å². The highest BCUT2D eigenvalue weighted by Gasteiger charge is 2.19. The van der Waals surface area contributed by atoms with Gasteiger partial charge in [-0.1, -0.05) is 62.2 Å². The zero-order valence-electron chi connectivity index (χ0n) is 18.1. The second-order valence-electron chi connectivity index (χ2n) is 8.06. The predicted molar refractivity (Wildman–Crippen MR) is 125 cm³/mol. The number of hydrogen-bond donors (Lipinski definition) is 2. The second kappa shape index (κ2) is 10.6. The van der Waals surface area contributed by atoms with Crippen molar-refractivity contribution in [3.8, 4) is 0 Å². The van der Waals surface area contributed by atoms with E-state index in [4.69, 9.17) is 23.2 Å². The first kappa shape index (κ1) is 24.7. The molecule has 2 N–H and O–H groups in total. The summed E-state index contributed by atoms with van der Waals surface area (Å²) in [6, 6.07) is 12.2. The van der Waals surface area contributed by atoms with Gasteiger partial charge in [0.2, 0.25) is 11.8 Å². The van der Waals surface area contributed by atoms with Crippen molar-refractivity contribution in [2.75, 3.05) is 25.0 Å². The van der Waals surface area contributed by atoms with Gasteiger partial charge in [-0.05, 0) is 42.2 Å². The lowest BCUT2D eigenvalue weighted by Gasteiger charge is -2.21. The van der Waals surface area contributed by atoms with Crippen LogP contribution >= 0.6 is 23.2 Å². The Kier molecular flexibility index (Phi) is 8.48. The fourth-order valence-electron chi connectivity index (χ4n) is 2.84. The summed E-state index contributed by atoms with van der Waals surface area (Å²) in [4.78, 5) is 38.6. The number of para-hydroxylation sites is 1. The van der Waals surface area contributed by atoms with Crippen molar-refractivity contribution in [1.29, 1.82) is 0 Å². The fraction of sp³-hybridized carbons (Fsp3) is 0.348. The maximum absolute atomic E-state index is 12.5. The van der Waals surface area contributed by atoms with E-state index in [9.17, 15) is 14.4 Å². The fourth-order valence-corrected chi connectivity index (χ4v) is 3.33. The zero-order chi connectivity index (χ0) is 23.2. The molecule has 8 heteroatoms. The summed E-state index contributed by atoms with van der Waals surface area (Å²) < 4.78 is 0. The SMILES string of the molecule is CCN(CC(=O)Nc1c(Cl)cccc1Cl)C(=O)CNC(=O)c1ccc(C(C)(C)C)cc1. The van der Waals surface area contributed by atoms with Crippen molar-refractivity contribution in [3.05, 3.63) is 63.6 Å². The number of rotatable bonds is 7. The first-order valence-corrected chi connectivity index (χ1v) is 10.7. The molecule has 166 valence electrons. The van der Waals surface area contributed by atoms with Crippen LogP contribution < -0.4 is 10.6 Å². The number of likely N-dealkylation sites (N-methyl/N-ethyl adjacent to an activating group) is 1. The largest absolute Gasteiger partial charge is 0.343 e. The Labute approximate surface area is 192 Å². The maximum atomic E-state index is 12.5. The van der Waals surface area contributed by atoms with Gasteiger partial charge in [0.25, 0.3) is 5.91 Å². The number of hydrogen-bond acceptors (Lipinski definition) is 3. The molecule has 0 aliphatic carbocycles. The Morgan fingerprint density at radius 2 is 1.55 bits per heavy atom. The molecule has 31 heavy (non-hydrogen) atoms. The highest BCUT2D eigenvalue weighted by atomic mass is 35.5. The average Bonchev–Trinajstić information content (AvgIpc) is 2.72. The highest BCUT2D eigenvalue weighted by Crippen LogP contribution is 2.29. The van der Waals surface area contributed by atoms with Crippen LogP contribution in [0.1, 0.15) is 43.6 Å². The van der Waals surface area contributed by atoms with Crippen molar-refractivity contribution in [2.45, 2.75) is 33.1 Å². The molecule has 6 nitrogen and oxygen atoms in total. The van der Waals surface area contributed by atoms with Gasteiger partial charge in [0.15, 0.2) is 0 Å². The summed E-state index contributed by atoms with van der Waals surface area (Å²) >= 11 is 12.1. The van der Waals surface area contributed by atoms with Crippen molar-refractivity contribution >= 4 is 46.6 Å². The summed E-state index contributed by atoms with van der Waals surface area (Å²) in [5.74, 6) is -1.16. The average molecular weight is 464 g/mol. The minimum Gasteiger partial charge on any atom is -0.343 e. The molecule has 2 aromatic rings. The van der Waals surface area contributed by atoms with Crippen LogP contribution in [0.5, 0.6) is 0 Å². The van der Waals surface area contributed by atoms with Gasteiger partial charge < -0.3 is 15.5 Å². The Morgan fingerprint density at radius 3 is 2.06 bits per heavy atom. The molecule has 0 fully saturated rings. The highest BCUT2D eigenvalue weighted by molar-refractivity contribution is 6.39. The molecule has 0 spiro atoms. The van der Waals surface area contributed by atoms with Crippen LogP contribution in [0.3, 0.4) is 0 Å². The molecule has 0 saturated heterocycles. The lowest BCUT2D eigenvalue weighted by atomic mass is 9.87. The molecule has 0 bridgehead atoms. The van der Waals surface area contributed by atoms with E-state index < -0.39 is 5.91 Å². The van der Waals surface area contributed by atoms with E-state index >= 15 is 0 Å². The minimum absolute atomic E-state index is 0.0125. The smallest absolute Gasteiger partial charge is 0.251 e. The van der Waals surface area contributed by atoms with Gasteiger partial charge in [-0.3, -0.25) is 14.4 Å². The molecular formula is C23H27Cl2N3O3. The van der Waals surface area contributed by atoms with E-state index in [2.05, 4.69) is 31.4 Å². The van der Waals surface area contributed by atoms with Crippen LogP contribution in [-0.2, 0) is 15.0 Å². The Balaban J connectivity index is 1.92. The molecule has 0 aliphatic rings. The normalized spacial score (nSPS) is 11.0. The summed E-state index contributed by atoms with van der Waals surface area (Å²) in [5.41, 5.74) is 1.87. The van der Waals surface area contributed by atoms with Crippen molar-refractivity contribution in [3.63, 3.8) is 0 Å². The molecule has 3 amide bonds. The van der Waals surface area contributed by atoms with E-state index in [1.54, 1.807) is 37.3 Å². The van der Waals surface area contributed by atoms with Crippen LogP contribution in [0.4, 0.5) is 5.69 Å². The first-order chi connectivity index (χ1) is 14.5. The number of amides is 3. The molecule has 0 radical (unpaired) electrons. The van der Waals surface area contributed by atoms with Crippen LogP contribution in [0, 0.1) is 0 Å². The molecule has 0 heterocycles. The van der Waals surface area contributed by atoms with Crippen LogP contribution in [0.2, 0.25) is 10.0 Å². The molecule has 0 atom stereocenters. The van der Waals surface area contributed by atoms with Crippen LogP contribution in [-0.4, -0.2) is 42.3 Å². The second-order valence-corrected chi connectivity index (χ2v) is 8.88. The molecular weight excluding hydrogens is 437 g/mol. The lowest BCUT2D eigenvalue weighted by Crippen LogP contribution is -2.43. The number of anilines is 1. The van der Waals surface area contributed by atoms with Crippen LogP contribution in [0.15, 0.2) is 42.5 Å². The molecule has 0 saturated carbocycles.